The average molecular weight is 299 g/mol. The van der Waals surface area contributed by atoms with Crippen molar-refractivity contribution in [2.75, 3.05) is 13.1 Å². The molecule has 0 spiro atoms. The molecule has 0 saturated heterocycles. The summed E-state index contributed by atoms with van der Waals surface area (Å²) in [5.41, 5.74) is 1.07. The molecule has 0 aliphatic heterocycles. The van der Waals surface area contributed by atoms with Crippen molar-refractivity contribution < 1.29 is 18.3 Å². The van der Waals surface area contributed by atoms with Crippen molar-refractivity contribution in [3.05, 3.63) is 29.8 Å². The number of hydrogen-bond donors (Lipinski definition) is 1. The van der Waals surface area contributed by atoms with Gasteiger partial charge < -0.3 is 5.11 Å². The van der Waals surface area contributed by atoms with Crippen LogP contribution in [0.4, 0.5) is 0 Å². The number of aliphatic carboxylic acids is 1. The van der Waals surface area contributed by atoms with Gasteiger partial charge in [0.1, 0.15) is 6.54 Å². The fourth-order valence-corrected chi connectivity index (χ4v) is 3.33. The predicted octanol–water partition coefficient (Wildman–Crippen LogP) is 1.98. The lowest BCUT2D eigenvalue weighted by atomic mass is 10.0. The van der Waals surface area contributed by atoms with E-state index in [0.717, 1.165) is 16.3 Å². The highest BCUT2D eigenvalue weighted by Gasteiger charge is 2.24. The lowest BCUT2D eigenvalue weighted by Crippen LogP contribution is -2.35. The van der Waals surface area contributed by atoms with Crippen molar-refractivity contribution >= 4 is 16.0 Å². The summed E-state index contributed by atoms with van der Waals surface area (Å²) >= 11 is 0. The topological polar surface area (TPSA) is 74.7 Å². The Morgan fingerprint density at radius 3 is 2.20 bits per heavy atom. The number of likely N-dealkylation sites (N-methyl/N-ethyl adjacent to an activating group) is 1. The van der Waals surface area contributed by atoms with Crippen LogP contribution in [0.1, 0.15) is 26.3 Å². The van der Waals surface area contributed by atoms with E-state index in [2.05, 4.69) is 13.8 Å². The summed E-state index contributed by atoms with van der Waals surface area (Å²) in [6, 6.07) is 6.64. The molecule has 0 atom stereocenters. The summed E-state index contributed by atoms with van der Waals surface area (Å²) in [4.78, 5) is 10.8. The van der Waals surface area contributed by atoms with Gasteiger partial charge in [0, 0.05) is 6.54 Å². The number of carboxylic acid groups (broad SMARTS) is 1. The number of hydrogen-bond acceptors (Lipinski definition) is 3. The molecule has 1 aromatic rings. The average Bonchev–Trinajstić information content (AvgIpc) is 2.35. The van der Waals surface area contributed by atoms with Gasteiger partial charge in [-0.05, 0) is 30.0 Å². The van der Waals surface area contributed by atoms with E-state index in [0.29, 0.717) is 5.92 Å². The minimum atomic E-state index is -3.74. The lowest BCUT2D eigenvalue weighted by Gasteiger charge is -2.18. The van der Waals surface area contributed by atoms with E-state index in [-0.39, 0.29) is 11.4 Å². The Hall–Kier alpha value is -1.40. The first-order valence-electron chi connectivity index (χ1n) is 6.58. The van der Waals surface area contributed by atoms with Crippen LogP contribution in [0.2, 0.25) is 0 Å². The molecule has 0 aliphatic rings. The Balaban J connectivity index is 2.99. The first-order valence-corrected chi connectivity index (χ1v) is 8.02. The quantitative estimate of drug-likeness (QED) is 0.835. The van der Waals surface area contributed by atoms with E-state index in [1.165, 1.54) is 12.1 Å². The molecule has 0 unspecified atom stereocenters. The van der Waals surface area contributed by atoms with Gasteiger partial charge in [-0.2, -0.15) is 4.31 Å². The second-order valence-electron chi connectivity index (χ2n) is 5.07. The smallest absolute Gasteiger partial charge is 0.318 e. The van der Waals surface area contributed by atoms with Crippen molar-refractivity contribution in [3.63, 3.8) is 0 Å². The summed E-state index contributed by atoms with van der Waals surface area (Å²) in [6.45, 7) is 5.41. The minimum absolute atomic E-state index is 0.127. The van der Waals surface area contributed by atoms with Crippen LogP contribution in [0.25, 0.3) is 0 Å². The van der Waals surface area contributed by atoms with Gasteiger partial charge in [0.25, 0.3) is 0 Å². The number of rotatable bonds is 7. The Morgan fingerprint density at radius 2 is 1.80 bits per heavy atom. The van der Waals surface area contributed by atoms with Crippen LogP contribution in [0.15, 0.2) is 29.2 Å². The Kier molecular flexibility index (Phi) is 5.71. The fourth-order valence-electron chi connectivity index (χ4n) is 1.94. The standard InChI is InChI=1S/C14H21NO4S/c1-4-15(10-14(16)17)20(18,19)13-7-5-12(6-8-13)9-11(2)3/h5-8,11H,4,9-10H2,1-3H3,(H,16,17). The molecule has 0 bridgehead atoms. The van der Waals surface area contributed by atoms with Crippen LogP contribution in [-0.2, 0) is 21.2 Å². The molecule has 6 heteroatoms. The molecule has 0 aromatic heterocycles. The molecule has 0 fully saturated rings. The zero-order chi connectivity index (χ0) is 15.3. The van der Waals surface area contributed by atoms with Gasteiger partial charge in [0.15, 0.2) is 0 Å². The lowest BCUT2D eigenvalue weighted by molar-refractivity contribution is -0.137. The van der Waals surface area contributed by atoms with E-state index in [1.807, 2.05) is 0 Å². The zero-order valence-electron chi connectivity index (χ0n) is 12.0. The van der Waals surface area contributed by atoms with Crippen LogP contribution in [-0.4, -0.2) is 36.9 Å². The van der Waals surface area contributed by atoms with Gasteiger partial charge in [-0.15, -0.1) is 0 Å². The Bertz CT molecular complexity index is 549. The van der Waals surface area contributed by atoms with Crippen LogP contribution in [0, 0.1) is 5.92 Å². The van der Waals surface area contributed by atoms with Crippen LogP contribution in [0.3, 0.4) is 0 Å². The fraction of sp³-hybridized carbons (Fsp3) is 0.500. The SMILES string of the molecule is CCN(CC(=O)O)S(=O)(=O)c1ccc(CC(C)C)cc1. The normalized spacial score (nSPS) is 12.1. The third kappa shape index (κ3) is 4.31. The molecule has 20 heavy (non-hydrogen) atoms. The summed E-state index contributed by atoms with van der Waals surface area (Å²) in [5.74, 6) is -0.663. The van der Waals surface area contributed by atoms with E-state index in [1.54, 1.807) is 19.1 Å². The van der Waals surface area contributed by atoms with E-state index < -0.39 is 22.5 Å². The van der Waals surface area contributed by atoms with Crippen LogP contribution < -0.4 is 0 Å². The van der Waals surface area contributed by atoms with Crippen molar-refractivity contribution in [2.24, 2.45) is 5.92 Å². The van der Waals surface area contributed by atoms with Gasteiger partial charge in [0.05, 0.1) is 4.90 Å². The third-order valence-electron chi connectivity index (χ3n) is 2.87. The van der Waals surface area contributed by atoms with Crippen LogP contribution >= 0.6 is 0 Å². The van der Waals surface area contributed by atoms with Crippen molar-refractivity contribution in [2.45, 2.75) is 32.1 Å². The molecule has 0 amide bonds. The van der Waals surface area contributed by atoms with E-state index >= 15 is 0 Å². The summed E-state index contributed by atoms with van der Waals surface area (Å²) in [5, 5.41) is 8.76. The molecule has 0 saturated carbocycles. The highest BCUT2D eigenvalue weighted by Crippen LogP contribution is 2.17. The number of sulfonamides is 1. The minimum Gasteiger partial charge on any atom is -0.480 e. The van der Waals surface area contributed by atoms with E-state index in [4.69, 9.17) is 5.11 Å². The zero-order valence-corrected chi connectivity index (χ0v) is 12.9. The van der Waals surface area contributed by atoms with Gasteiger partial charge in [0.2, 0.25) is 10.0 Å². The third-order valence-corrected chi connectivity index (χ3v) is 4.80. The molecule has 0 heterocycles. The molecule has 1 N–H and O–H groups in total. The molecule has 0 radical (unpaired) electrons. The number of carbonyl (C=O) groups is 1. The maximum absolute atomic E-state index is 12.3. The number of nitrogens with zero attached hydrogens (tertiary/aromatic N) is 1. The van der Waals surface area contributed by atoms with Gasteiger partial charge in [-0.25, -0.2) is 8.42 Å². The number of carboxylic acids is 1. The van der Waals surface area contributed by atoms with Gasteiger partial charge in [-0.3, -0.25) is 4.79 Å². The first kappa shape index (κ1) is 16.7. The molecular formula is C14H21NO4S. The summed E-state index contributed by atoms with van der Waals surface area (Å²) in [6.07, 6.45) is 0.882. The van der Waals surface area contributed by atoms with Gasteiger partial charge >= 0.3 is 5.97 Å². The Labute approximate surface area is 120 Å². The molecule has 112 valence electrons. The maximum atomic E-state index is 12.3. The van der Waals surface area contributed by atoms with Gasteiger partial charge in [-0.1, -0.05) is 32.9 Å². The van der Waals surface area contributed by atoms with Crippen molar-refractivity contribution in [1.29, 1.82) is 0 Å². The molecule has 5 nitrogen and oxygen atoms in total. The largest absolute Gasteiger partial charge is 0.480 e. The summed E-state index contributed by atoms with van der Waals surface area (Å²) in [7, 11) is -3.74. The highest BCUT2D eigenvalue weighted by molar-refractivity contribution is 7.89. The van der Waals surface area contributed by atoms with E-state index in [9.17, 15) is 13.2 Å². The Morgan fingerprint density at radius 1 is 1.25 bits per heavy atom. The second-order valence-corrected chi connectivity index (χ2v) is 7.00. The monoisotopic (exact) mass is 299 g/mol. The second kappa shape index (κ2) is 6.85. The van der Waals surface area contributed by atoms with Crippen molar-refractivity contribution in [3.8, 4) is 0 Å². The molecule has 0 aliphatic carbocycles. The molecule has 1 aromatic carbocycles. The molecule has 1 rings (SSSR count). The van der Waals surface area contributed by atoms with Crippen LogP contribution in [0.5, 0.6) is 0 Å². The van der Waals surface area contributed by atoms with Crippen molar-refractivity contribution in [1.82, 2.24) is 4.31 Å². The first-order chi connectivity index (χ1) is 9.27. The maximum Gasteiger partial charge on any atom is 0.318 e. The molecular weight excluding hydrogens is 278 g/mol. The highest BCUT2D eigenvalue weighted by atomic mass is 32.2. The number of benzene rings is 1. The summed E-state index contributed by atoms with van der Waals surface area (Å²) < 4.78 is 25.5. The predicted molar refractivity (Wildman–Crippen MR) is 77.1 cm³/mol.